The van der Waals surface area contributed by atoms with Crippen molar-refractivity contribution in [1.29, 1.82) is 0 Å². The number of hydrogen-bond donors (Lipinski definition) is 2. The summed E-state index contributed by atoms with van der Waals surface area (Å²) in [5.41, 5.74) is 0. The number of carbonyl (C=O) groups is 1. The van der Waals surface area contributed by atoms with Gasteiger partial charge in [0.05, 0.1) is 6.61 Å². The summed E-state index contributed by atoms with van der Waals surface area (Å²) in [7, 11) is 0. The van der Waals surface area contributed by atoms with Crippen LogP contribution in [0.2, 0.25) is 0 Å². The molecule has 0 radical (unpaired) electrons. The average molecular weight is 185 g/mol. The first-order chi connectivity index (χ1) is 6.22. The van der Waals surface area contributed by atoms with Crippen molar-refractivity contribution in [2.45, 2.75) is 45.1 Å². The van der Waals surface area contributed by atoms with Crippen LogP contribution in [0.5, 0.6) is 0 Å². The Morgan fingerprint density at radius 1 is 1.54 bits per heavy atom. The molecule has 1 rings (SSSR count). The molecule has 1 atom stereocenters. The highest BCUT2D eigenvalue weighted by atomic mass is 16.3. The van der Waals surface area contributed by atoms with Crippen molar-refractivity contribution < 1.29 is 9.90 Å². The lowest BCUT2D eigenvalue weighted by Gasteiger charge is -2.13. The lowest BCUT2D eigenvalue weighted by molar-refractivity contribution is -0.122. The summed E-state index contributed by atoms with van der Waals surface area (Å²) < 4.78 is 0. The van der Waals surface area contributed by atoms with E-state index in [4.69, 9.17) is 5.11 Å². The maximum absolute atomic E-state index is 11.3. The maximum Gasteiger partial charge on any atom is 0.220 e. The number of rotatable bonds is 4. The van der Waals surface area contributed by atoms with Gasteiger partial charge in [-0.05, 0) is 25.7 Å². The van der Waals surface area contributed by atoms with Gasteiger partial charge in [-0.25, -0.2) is 0 Å². The Labute approximate surface area is 79.5 Å². The molecule has 0 spiro atoms. The van der Waals surface area contributed by atoms with Crippen molar-refractivity contribution in [2.75, 3.05) is 6.61 Å². The van der Waals surface area contributed by atoms with Crippen LogP contribution in [0.15, 0.2) is 0 Å². The van der Waals surface area contributed by atoms with Crippen molar-refractivity contribution in [3.8, 4) is 0 Å². The molecule has 0 aromatic heterocycles. The highest BCUT2D eigenvalue weighted by Gasteiger charge is 2.18. The number of amides is 1. The van der Waals surface area contributed by atoms with Crippen LogP contribution in [0.3, 0.4) is 0 Å². The van der Waals surface area contributed by atoms with Crippen LogP contribution < -0.4 is 5.32 Å². The Morgan fingerprint density at radius 3 is 2.69 bits per heavy atom. The number of carbonyl (C=O) groups excluding carboxylic acids is 1. The van der Waals surface area contributed by atoms with Crippen LogP contribution in [0.1, 0.15) is 39.0 Å². The van der Waals surface area contributed by atoms with Gasteiger partial charge in [0.15, 0.2) is 0 Å². The number of hydrogen-bond acceptors (Lipinski definition) is 2. The Bertz CT molecular complexity index is 164. The quantitative estimate of drug-likeness (QED) is 0.688. The van der Waals surface area contributed by atoms with Gasteiger partial charge < -0.3 is 10.4 Å². The monoisotopic (exact) mass is 185 g/mol. The molecular formula is C10H19NO2. The summed E-state index contributed by atoms with van der Waals surface area (Å²) in [5.74, 6) is 0.680. The predicted molar refractivity (Wildman–Crippen MR) is 51.3 cm³/mol. The number of aliphatic hydroxyl groups is 1. The van der Waals surface area contributed by atoms with Crippen LogP contribution >= 0.6 is 0 Å². The van der Waals surface area contributed by atoms with E-state index in [1.54, 1.807) is 0 Å². The van der Waals surface area contributed by atoms with Gasteiger partial charge in [0.2, 0.25) is 5.91 Å². The molecule has 3 nitrogen and oxygen atoms in total. The summed E-state index contributed by atoms with van der Waals surface area (Å²) in [5, 5.41) is 11.5. The molecule has 2 N–H and O–H groups in total. The molecule has 0 aliphatic heterocycles. The minimum Gasteiger partial charge on any atom is -0.394 e. The van der Waals surface area contributed by atoms with Crippen molar-refractivity contribution >= 4 is 5.91 Å². The van der Waals surface area contributed by atoms with E-state index in [2.05, 4.69) is 5.32 Å². The third-order valence-corrected chi connectivity index (χ3v) is 2.63. The van der Waals surface area contributed by atoms with E-state index in [-0.39, 0.29) is 18.6 Å². The molecule has 76 valence electrons. The highest BCUT2D eigenvalue weighted by molar-refractivity contribution is 5.76. The van der Waals surface area contributed by atoms with Gasteiger partial charge in [0.25, 0.3) is 0 Å². The zero-order chi connectivity index (χ0) is 9.68. The van der Waals surface area contributed by atoms with Gasteiger partial charge in [-0.3, -0.25) is 4.79 Å². The van der Waals surface area contributed by atoms with E-state index in [0.29, 0.717) is 12.3 Å². The smallest absolute Gasteiger partial charge is 0.220 e. The normalized spacial score (nSPS) is 20.2. The molecule has 0 aromatic rings. The van der Waals surface area contributed by atoms with E-state index >= 15 is 0 Å². The second-order valence-electron chi connectivity index (χ2n) is 4.01. The molecule has 0 aromatic carbocycles. The van der Waals surface area contributed by atoms with Gasteiger partial charge >= 0.3 is 0 Å². The summed E-state index contributed by atoms with van der Waals surface area (Å²) in [6, 6.07) is -0.103. The third kappa shape index (κ3) is 3.77. The predicted octanol–water partition coefficient (Wildman–Crippen LogP) is 1.06. The number of aliphatic hydroxyl groups excluding tert-OH is 1. The maximum atomic E-state index is 11.3. The van der Waals surface area contributed by atoms with Crippen LogP contribution in [-0.2, 0) is 4.79 Å². The van der Waals surface area contributed by atoms with Crippen molar-refractivity contribution in [3.05, 3.63) is 0 Å². The fraction of sp³-hybridized carbons (Fsp3) is 0.900. The SMILES string of the molecule is C[C@H](CO)NC(=O)CC1CCCC1. The average Bonchev–Trinajstić information content (AvgIpc) is 2.56. The van der Waals surface area contributed by atoms with Crippen molar-refractivity contribution in [2.24, 2.45) is 5.92 Å². The van der Waals surface area contributed by atoms with Crippen LogP contribution in [-0.4, -0.2) is 23.7 Å². The summed E-state index contributed by atoms with van der Waals surface area (Å²) in [6.45, 7) is 1.84. The fourth-order valence-corrected chi connectivity index (χ4v) is 1.86. The van der Waals surface area contributed by atoms with Crippen molar-refractivity contribution in [1.82, 2.24) is 5.32 Å². The molecule has 1 aliphatic carbocycles. The van der Waals surface area contributed by atoms with Gasteiger partial charge in [-0.1, -0.05) is 12.8 Å². The molecule has 3 heteroatoms. The van der Waals surface area contributed by atoms with Gasteiger partial charge in [-0.15, -0.1) is 0 Å². The van der Waals surface area contributed by atoms with Crippen LogP contribution in [0, 0.1) is 5.92 Å². The van der Waals surface area contributed by atoms with E-state index in [1.807, 2.05) is 6.92 Å². The Balaban J connectivity index is 2.16. The fourth-order valence-electron chi connectivity index (χ4n) is 1.86. The lowest BCUT2D eigenvalue weighted by Crippen LogP contribution is -2.35. The Kier molecular flexibility index (Phi) is 4.22. The minimum atomic E-state index is -0.103. The van der Waals surface area contributed by atoms with Gasteiger partial charge in [0, 0.05) is 12.5 Å². The van der Waals surface area contributed by atoms with E-state index in [9.17, 15) is 4.79 Å². The molecule has 0 saturated heterocycles. The second kappa shape index (κ2) is 5.22. The molecule has 1 fully saturated rings. The van der Waals surface area contributed by atoms with E-state index in [0.717, 1.165) is 0 Å². The molecular weight excluding hydrogens is 166 g/mol. The molecule has 1 saturated carbocycles. The highest BCUT2D eigenvalue weighted by Crippen LogP contribution is 2.27. The first-order valence-corrected chi connectivity index (χ1v) is 5.12. The zero-order valence-corrected chi connectivity index (χ0v) is 8.25. The number of nitrogens with one attached hydrogen (secondary N) is 1. The molecule has 0 heterocycles. The van der Waals surface area contributed by atoms with Gasteiger partial charge in [0.1, 0.15) is 0 Å². The first-order valence-electron chi connectivity index (χ1n) is 5.12. The van der Waals surface area contributed by atoms with Crippen LogP contribution in [0.4, 0.5) is 0 Å². The summed E-state index contributed by atoms with van der Waals surface area (Å²) >= 11 is 0. The zero-order valence-electron chi connectivity index (χ0n) is 8.25. The summed E-state index contributed by atoms with van der Waals surface area (Å²) in [4.78, 5) is 11.3. The first kappa shape index (κ1) is 10.5. The molecule has 1 amide bonds. The molecule has 0 bridgehead atoms. The van der Waals surface area contributed by atoms with E-state index in [1.165, 1.54) is 25.7 Å². The largest absolute Gasteiger partial charge is 0.394 e. The minimum absolute atomic E-state index is 0.0242. The molecule has 1 aliphatic rings. The summed E-state index contributed by atoms with van der Waals surface area (Å²) in [6.07, 6.45) is 5.58. The second-order valence-corrected chi connectivity index (χ2v) is 4.01. The molecule has 13 heavy (non-hydrogen) atoms. The van der Waals surface area contributed by atoms with Gasteiger partial charge in [-0.2, -0.15) is 0 Å². The third-order valence-electron chi connectivity index (χ3n) is 2.63. The Morgan fingerprint density at radius 2 is 2.15 bits per heavy atom. The van der Waals surface area contributed by atoms with Crippen molar-refractivity contribution in [3.63, 3.8) is 0 Å². The standard InChI is InChI=1S/C10H19NO2/c1-8(7-12)11-10(13)6-9-4-2-3-5-9/h8-9,12H,2-7H2,1H3,(H,11,13)/t8-/m1/s1. The van der Waals surface area contributed by atoms with E-state index < -0.39 is 0 Å². The topological polar surface area (TPSA) is 49.3 Å². The lowest BCUT2D eigenvalue weighted by atomic mass is 10.0. The molecule has 0 unspecified atom stereocenters. The van der Waals surface area contributed by atoms with Crippen LogP contribution in [0.25, 0.3) is 0 Å². The Hall–Kier alpha value is -0.570.